The standard InChI is InChI=1S/C50H35N3O/c1-3-39(42-21-12-17-33-14-6-8-18-40(33)42)47-46(43-20-10-11-22-45(43)54-47)31(2)48-51-49(37-27-23-32-13-4-5-16-36(32)29-37)53-50(52-48)38-28-26-35-25-24-34-15-7-9-19-41(34)44(35)30-38/h3-11,13-16,18-30H,2,12,17H2,1H3/b39-3-. The molecule has 0 fully saturated rings. The SMILES string of the molecule is C=C(c1nc(-c2ccc3ccccc3c2)nc(-c2ccc3ccc4ccccc4c3c2)n1)c1c(/C(=C\C)C2=CCCc3ccccc32)oc2ccccc12. The summed E-state index contributed by atoms with van der Waals surface area (Å²) in [6.45, 7) is 6.81. The first kappa shape index (κ1) is 31.8. The third-order valence-corrected chi connectivity index (χ3v) is 10.7. The lowest BCUT2D eigenvalue weighted by molar-refractivity contribution is 0.600. The fourth-order valence-corrected chi connectivity index (χ4v) is 8.03. The zero-order valence-corrected chi connectivity index (χ0v) is 29.9. The number of aryl methyl sites for hydroxylation is 1. The van der Waals surface area contributed by atoms with Crippen molar-refractivity contribution in [2.75, 3.05) is 0 Å². The normalized spacial score (nSPS) is 13.1. The Balaban J connectivity index is 1.18. The molecule has 0 saturated heterocycles. The molecule has 256 valence electrons. The number of benzene rings is 7. The van der Waals surface area contributed by atoms with Crippen molar-refractivity contribution in [1.82, 2.24) is 15.0 Å². The monoisotopic (exact) mass is 693 g/mol. The average Bonchev–Trinajstić information content (AvgIpc) is 3.62. The Hall–Kier alpha value is -6.91. The Morgan fingerprint density at radius 2 is 1.24 bits per heavy atom. The molecule has 4 nitrogen and oxygen atoms in total. The van der Waals surface area contributed by atoms with Crippen LogP contribution in [-0.2, 0) is 6.42 Å². The van der Waals surface area contributed by atoms with Crippen LogP contribution in [0.4, 0.5) is 0 Å². The number of hydrogen-bond donors (Lipinski definition) is 0. The maximum absolute atomic E-state index is 6.79. The van der Waals surface area contributed by atoms with Gasteiger partial charge in [-0.1, -0.05) is 146 Å². The van der Waals surface area contributed by atoms with Gasteiger partial charge in [0.05, 0.1) is 0 Å². The summed E-state index contributed by atoms with van der Waals surface area (Å²) < 4.78 is 6.79. The van der Waals surface area contributed by atoms with Gasteiger partial charge in [0.2, 0.25) is 0 Å². The molecule has 9 aromatic rings. The smallest absolute Gasteiger partial charge is 0.164 e. The number of para-hydroxylation sites is 1. The van der Waals surface area contributed by atoms with Crippen LogP contribution in [-0.4, -0.2) is 15.0 Å². The lowest BCUT2D eigenvalue weighted by Crippen LogP contribution is -2.05. The minimum atomic E-state index is 0.502. The number of aromatic nitrogens is 3. The molecule has 7 aromatic carbocycles. The van der Waals surface area contributed by atoms with E-state index >= 15 is 0 Å². The van der Waals surface area contributed by atoms with Crippen molar-refractivity contribution in [2.45, 2.75) is 19.8 Å². The van der Waals surface area contributed by atoms with Crippen LogP contribution < -0.4 is 0 Å². The molecule has 0 bridgehead atoms. The molecule has 2 aromatic heterocycles. The van der Waals surface area contributed by atoms with E-state index in [0.29, 0.717) is 23.0 Å². The fourth-order valence-electron chi connectivity index (χ4n) is 8.03. The third-order valence-electron chi connectivity index (χ3n) is 10.7. The average molecular weight is 694 g/mol. The van der Waals surface area contributed by atoms with E-state index in [4.69, 9.17) is 25.9 Å². The molecule has 0 saturated carbocycles. The number of allylic oxidation sites excluding steroid dienone is 4. The van der Waals surface area contributed by atoms with Gasteiger partial charge in [-0.3, -0.25) is 0 Å². The van der Waals surface area contributed by atoms with Crippen molar-refractivity contribution >= 4 is 60.0 Å². The molecule has 0 aliphatic heterocycles. The van der Waals surface area contributed by atoms with Crippen LogP contribution in [0, 0.1) is 0 Å². The van der Waals surface area contributed by atoms with Crippen molar-refractivity contribution in [3.05, 3.63) is 193 Å². The van der Waals surface area contributed by atoms with Gasteiger partial charge in [-0.15, -0.1) is 0 Å². The Morgan fingerprint density at radius 3 is 2.06 bits per heavy atom. The van der Waals surface area contributed by atoms with Gasteiger partial charge < -0.3 is 4.42 Å². The van der Waals surface area contributed by atoms with E-state index in [9.17, 15) is 0 Å². The third kappa shape index (κ3) is 5.34. The summed E-state index contributed by atoms with van der Waals surface area (Å²) in [6, 6.07) is 50.9. The van der Waals surface area contributed by atoms with E-state index in [2.05, 4.69) is 146 Å². The number of nitrogens with zero attached hydrogens (tertiary/aromatic N) is 3. The first-order chi connectivity index (χ1) is 26.6. The van der Waals surface area contributed by atoms with Crippen LogP contribution in [0.5, 0.6) is 0 Å². The summed E-state index contributed by atoms with van der Waals surface area (Å²) in [5.41, 5.74) is 8.95. The van der Waals surface area contributed by atoms with Gasteiger partial charge >= 0.3 is 0 Å². The summed E-state index contributed by atoms with van der Waals surface area (Å²) in [4.78, 5) is 15.6. The molecule has 54 heavy (non-hydrogen) atoms. The van der Waals surface area contributed by atoms with E-state index < -0.39 is 0 Å². The molecule has 0 radical (unpaired) electrons. The lowest BCUT2D eigenvalue weighted by atomic mass is 9.84. The molecular weight excluding hydrogens is 659 g/mol. The predicted molar refractivity (Wildman–Crippen MR) is 224 cm³/mol. The summed E-state index contributed by atoms with van der Waals surface area (Å²) in [5.74, 6) is 2.44. The molecule has 1 aliphatic rings. The van der Waals surface area contributed by atoms with Crippen molar-refractivity contribution in [2.24, 2.45) is 0 Å². The maximum atomic E-state index is 6.79. The molecule has 4 heteroatoms. The minimum Gasteiger partial charge on any atom is -0.455 e. The Kier molecular flexibility index (Phi) is 7.62. The van der Waals surface area contributed by atoms with Crippen molar-refractivity contribution < 1.29 is 4.42 Å². The van der Waals surface area contributed by atoms with Crippen LogP contribution >= 0.6 is 0 Å². The van der Waals surface area contributed by atoms with Gasteiger partial charge in [-0.2, -0.15) is 0 Å². The summed E-state index contributed by atoms with van der Waals surface area (Å²) >= 11 is 0. The molecule has 10 rings (SSSR count). The van der Waals surface area contributed by atoms with Crippen LogP contribution in [0.3, 0.4) is 0 Å². The molecule has 1 aliphatic carbocycles. The van der Waals surface area contributed by atoms with Gasteiger partial charge in [0, 0.05) is 33.2 Å². The Labute approximate surface area is 313 Å². The van der Waals surface area contributed by atoms with Crippen LogP contribution in [0.1, 0.15) is 41.6 Å². The van der Waals surface area contributed by atoms with Crippen molar-refractivity contribution in [3.8, 4) is 22.8 Å². The first-order valence-corrected chi connectivity index (χ1v) is 18.5. The summed E-state index contributed by atoms with van der Waals surface area (Å²) in [6.07, 6.45) is 6.47. The van der Waals surface area contributed by atoms with E-state index in [1.54, 1.807) is 0 Å². The molecule has 0 spiro atoms. The lowest BCUT2D eigenvalue weighted by Gasteiger charge is -2.20. The highest BCUT2D eigenvalue weighted by Crippen LogP contribution is 2.44. The molecule has 0 amide bonds. The van der Waals surface area contributed by atoms with Gasteiger partial charge in [0.1, 0.15) is 11.3 Å². The van der Waals surface area contributed by atoms with Crippen LogP contribution in [0.25, 0.3) is 82.8 Å². The molecule has 0 unspecified atom stereocenters. The van der Waals surface area contributed by atoms with Gasteiger partial charge in [-0.05, 0) is 87.0 Å². The number of hydrogen-bond acceptors (Lipinski definition) is 4. The van der Waals surface area contributed by atoms with Crippen molar-refractivity contribution in [3.63, 3.8) is 0 Å². The van der Waals surface area contributed by atoms with Crippen LogP contribution in [0.2, 0.25) is 0 Å². The van der Waals surface area contributed by atoms with E-state index in [1.807, 2.05) is 18.2 Å². The summed E-state index contributed by atoms with van der Waals surface area (Å²) in [7, 11) is 0. The van der Waals surface area contributed by atoms with E-state index in [-0.39, 0.29) is 0 Å². The topological polar surface area (TPSA) is 51.8 Å². The quantitative estimate of drug-likeness (QED) is 0.163. The molecule has 2 heterocycles. The number of fused-ring (bicyclic) bond motifs is 6. The van der Waals surface area contributed by atoms with Crippen LogP contribution in [0.15, 0.2) is 169 Å². The second-order valence-electron chi connectivity index (χ2n) is 13.9. The molecular formula is C50H35N3O. The fraction of sp³-hybridized carbons (Fsp3) is 0.0600. The predicted octanol–water partition coefficient (Wildman–Crippen LogP) is 12.9. The zero-order chi connectivity index (χ0) is 36.2. The number of furan rings is 1. The minimum absolute atomic E-state index is 0.502. The zero-order valence-electron chi connectivity index (χ0n) is 29.9. The highest BCUT2D eigenvalue weighted by molar-refractivity contribution is 6.11. The summed E-state index contributed by atoms with van der Waals surface area (Å²) in [5, 5.41) is 7.95. The van der Waals surface area contributed by atoms with E-state index in [0.717, 1.165) is 73.4 Å². The molecule has 0 N–H and O–H groups in total. The second-order valence-corrected chi connectivity index (χ2v) is 13.9. The largest absolute Gasteiger partial charge is 0.455 e. The first-order valence-electron chi connectivity index (χ1n) is 18.5. The number of rotatable bonds is 6. The van der Waals surface area contributed by atoms with E-state index in [1.165, 1.54) is 27.5 Å². The second kappa shape index (κ2) is 12.9. The maximum Gasteiger partial charge on any atom is 0.164 e. The molecule has 0 atom stereocenters. The highest BCUT2D eigenvalue weighted by atomic mass is 16.3. The Bertz CT molecular complexity index is 3040. The van der Waals surface area contributed by atoms with Gasteiger partial charge in [0.25, 0.3) is 0 Å². The van der Waals surface area contributed by atoms with Gasteiger partial charge in [-0.25, -0.2) is 15.0 Å². The van der Waals surface area contributed by atoms with Crippen molar-refractivity contribution in [1.29, 1.82) is 0 Å². The Morgan fingerprint density at radius 1 is 0.611 bits per heavy atom. The van der Waals surface area contributed by atoms with Gasteiger partial charge in [0.15, 0.2) is 17.5 Å². The highest BCUT2D eigenvalue weighted by Gasteiger charge is 2.27.